The van der Waals surface area contributed by atoms with Gasteiger partial charge in [0.05, 0.1) is 25.0 Å². The van der Waals surface area contributed by atoms with E-state index in [9.17, 15) is 9.59 Å². The van der Waals surface area contributed by atoms with Crippen LogP contribution in [0.1, 0.15) is 25.8 Å². The van der Waals surface area contributed by atoms with Gasteiger partial charge in [-0.05, 0) is 17.9 Å². The molecule has 23 heavy (non-hydrogen) atoms. The highest BCUT2D eigenvalue weighted by molar-refractivity contribution is 5.88. The Bertz CT molecular complexity index is 516. The van der Waals surface area contributed by atoms with E-state index in [0.717, 1.165) is 5.56 Å². The number of hydrogen-bond donors (Lipinski definition) is 2. The molecular weight excluding hydrogens is 292 g/mol. The van der Waals surface area contributed by atoms with Gasteiger partial charge in [0.25, 0.3) is 0 Å². The monoisotopic (exact) mass is 318 g/mol. The molecule has 2 N–H and O–H groups in total. The van der Waals surface area contributed by atoms with E-state index in [2.05, 4.69) is 10.6 Å². The van der Waals surface area contributed by atoms with Crippen LogP contribution in [0.15, 0.2) is 30.3 Å². The van der Waals surface area contributed by atoms with Crippen molar-refractivity contribution in [1.82, 2.24) is 10.6 Å². The standard InChI is InChI=1S/C18H26N2O3/c1-13(2)10-20-17(21)15-8-9-19-18(22)16(15)12-23-11-14-6-4-3-5-7-14/h3-7,13,15-16H,8-12H2,1-2H3,(H,19,22)(H,20,21). The van der Waals surface area contributed by atoms with Gasteiger partial charge in [-0.25, -0.2) is 0 Å². The lowest BCUT2D eigenvalue weighted by atomic mass is 9.85. The lowest BCUT2D eigenvalue weighted by Crippen LogP contribution is -2.50. The van der Waals surface area contributed by atoms with Crippen LogP contribution in [0.4, 0.5) is 0 Å². The summed E-state index contributed by atoms with van der Waals surface area (Å²) in [5.74, 6) is -0.460. The molecule has 0 bridgehead atoms. The van der Waals surface area contributed by atoms with E-state index in [1.54, 1.807) is 0 Å². The van der Waals surface area contributed by atoms with Gasteiger partial charge < -0.3 is 15.4 Å². The van der Waals surface area contributed by atoms with Crippen molar-refractivity contribution in [2.24, 2.45) is 17.8 Å². The van der Waals surface area contributed by atoms with Crippen molar-refractivity contribution in [3.63, 3.8) is 0 Å². The van der Waals surface area contributed by atoms with E-state index >= 15 is 0 Å². The molecule has 0 saturated carbocycles. The molecule has 1 aromatic carbocycles. The molecule has 1 saturated heterocycles. The Balaban J connectivity index is 1.89. The number of benzene rings is 1. The van der Waals surface area contributed by atoms with Crippen molar-refractivity contribution in [3.8, 4) is 0 Å². The van der Waals surface area contributed by atoms with E-state index in [1.165, 1.54) is 0 Å². The summed E-state index contributed by atoms with van der Waals surface area (Å²) in [4.78, 5) is 24.5. The zero-order valence-electron chi connectivity index (χ0n) is 13.9. The van der Waals surface area contributed by atoms with Gasteiger partial charge in [0.2, 0.25) is 11.8 Å². The Morgan fingerprint density at radius 3 is 2.78 bits per heavy atom. The topological polar surface area (TPSA) is 67.4 Å². The predicted octanol–water partition coefficient (Wildman–Crippen LogP) is 1.73. The maximum Gasteiger partial charge on any atom is 0.226 e. The summed E-state index contributed by atoms with van der Waals surface area (Å²) >= 11 is 0. The van der Waals surface area contributed by atoms with Crippen LogP contribution in [0.3, 0.4) is 0 Å². The molecule has 2 rings (SSSR count). The van der Waals surface area contributed by atoms with Crippen LogP contribution in [0.5, 0.6) is 0 Å². The molecule has 5 heteroatoms. The average Bonchev–Trinajstić information content (AvgIpc) is 2.55. The lowest BCUT2D eigenvalue weighted by molar-refractivity contribution is -0.140. The molecule has 0 aliphatic carbocycles. The molecule has 0 aromatic heterocycles. The summed E-state index contributed by atoms with van der Waals surface area (Å²) in [6.07, 6.45) is 0.662. The van der Waals surface area contributed by atoms with Crippen molar-refractivity contribution in [2.75, 3.05) is 19.7 Å². The summed E-state index contributed by atoms with van der Waals surface area (Å²) in [6.45, 7) is 6.00. The molecule has 2 unspecified atom stereocenters. The van der Waals surface area contributed by atoms with Crippen LogP contribution in [-0.4, -0.2) is 31.5 Å². The van der Waals surface area contributed by atoms with Crippen LogP contribution < -0.4 is 10.6 Å². The Morgan fingerprint density at radius 1 is 1.35 bits per heavy atom. The third-order valence-electron chi connectivity index (χ3n) is 4.01. The van der Waals surface area contributed by atoms with Crippen LogP contribution in [0, 0.1) is 17.8 Å². The molecule has 2 atom stereocenters. The second-order valence-corrected chi connectivity index (χ2v) is 6.43. The highest BCUT2D eigenvalue weighted by atomic mass is 16.5. The Hall–Kier alpha value is -1.88. The number of carbonyl (C=O) groups excluding carboxylic acids is 2. The smallest absolute Gasteiger partial charge is 0.226 e. The zero-order chi connectivity index (χ0) is 16.7. The van der Waals surface area contributed by atoms with Gasteiger partial charge in [-0.1, -0.05) is 44.2 Å². The molecule has 126 valence electrons. The number of rotatable bonds is 7. The van der Waals surface area contributed by atoms with Crippen molar-refractivity contribution in [2.45, 2.75) is 26.9 Å². The summed E-state index contributed by atoms with van der Waals surface area (Å²) < 4.78 is 5.69. The molecule has 0 spiro atoms. The first-order chi connectivity index (χ1) is 11.1. The van der Waals surface area contributed by atoms with Gasteiger partial charge in [-0.3, -0.25) is 9.59 Å². The molecule has 5 nitrogen and oxygen atoms in total. The molecule has 1 fully saturated rings. The number of piperidine rings is 1. The molecular formula is C18H26N2O3. The Labute approximate surface area is 137 Å². The molecule has 1 heterocycles. The third kappa shape index (κ3) is 5.36. The lowest BCUT2D eigenvalue weighted by Gasteiger charge is -2.30. The molecule has 1 aliphatic heterocycles. The fraction of sp³-hybridized carbons (Fsp3) is 0.556. The first kappa shape index (κ1) is 17.5. The van der Waals surface area contributed by atoms with Gasteiger partial charge in [-0.2, -0.15) is 0 Å². The van der Waals surface area contributed by atoms with Crippen molar-refractivity contribution < 1.29 is 14.3 Å². The van der Waals surface area contributed by atoms with Crippen molar-refractivity contribution in [1.29, 1.82) is 0 Å². The van der Waals surface area contributed by atoms with Crippen molar-refractivity contribution in [3.05, 3.63) is 35.9 Å². The number of hydrogen-bond acceptors (Lipinski definition) is 3. The number of ether oxygens (including phenoxy) is 1. The van der Waals surface area contributed by atoms with Crippen molar-refractivity contribution >= 4 is 11.8 Å². The highest BCUT2D eigenvalue weighted by Crippen LogP contribution is 2.21. The Morgan fingerprint density at radius 2 is 2.09 bits per heavy atom. The maximum absolute atomic E-state index is 12.3. The van der Waals surface area contributed by atoms with E-state index in [-0.39, 0.29) is 24.3 Å². The quantitative estimate of drug-likeness (QED) is 0.804. The second kappa shape index (κ2) is 8.67. The maximum atomic E-state index is 12.3. The highest BCUT2D eigenvalue weighted by Gasteiger charge is 2.36. The first-order valence-electron chi connectivity index (χ1n) is 8.25. The summed E-state index contributed by atoms with van der Waals surface area (Å²) in [7, 11) is 0. The SMILES string of the molecule is CC(C)CNC(=O)C1CCNC(=O)C1COCc1ccccc1. The molecule has 1 aromatic rings. The van der Waals surface area contributed by atoms with E-state index in [1.807, 2.05) is 44.2 Å². The fourth-order valence-electron chi connectivity index (χ4n) is 2.69. The normalized spacial score (nSPS) is 21.1. The van der Waals surface area contributed by atoms with Gasteiger partial charge >= 0.3 is 0 Å². The van der Waals surface area contributed by atoms with Gasteiger partial charge in [0.1, 0.15) is 0 Å². The molecule has 0 radical (unpaired) electrons. The van der Waals surface area contributed by atoms with Crippen LogP contribution in [0.25, 0.3) is 0 Å². The van der Waals surface area contributed by atoms with Gasteiger partial charge in [0.15, 0.2) is 0 Å². The number of nitrogens with one attached hydrogen (secondary N) is 2. The molecule has 1 aliphatic rings. The van der Waals surface area contributed by atoms with Crippen LogP contribution >= 0.6 is 0 Å². The minimum absolute atomic E-state index is 0.0399. The summed E-state index contributed by atoms with van der Waals surface area (Å²) in [5.41, 5.74) is 1.06. The second-order valence-electron chi connectivity index (χ2n) is 6.43. The number of carbonyl (C=O) groups is 2. The third-order valence-corrected chi connectivity index (χ3v) is 4.01. The van der Waals surface area contributed by atoms with Crippen LogP contribution in [0.2, 0.25) is 0 Å². The van der Waals surface area contributed by atoms with E-state index < -0.39 is 5.92 Å². The van der Waals surface area contributed by atoms with E-state index in [0.29, 0.717) is 32.0 Å². The van der Waals surface area contributed by atoms with Gasteiger partial charge in [-0.15, -0.1) is 0 Å². The minimum atomic E-state index is -0.417. The largest absolute Gasteiger partial charge is 0.376 e. The molecule has 2 amide bonds. The minimum Gasteiger partial charge on any atom is -0.376 e. The number of amides is 2. The zero-order valence-corrected chi connectivity index (χ0v) is 13.9. The summed E-state index contributed by atoms with van der Waals surface area (Å²) in [6, 6.07) is 9.82. The fourth-order valence-corrected chi connectivity index (χ4v) is 2.69. The summed E-state index contributed by atoms with van der Waals surface area (Å²) in [5, 5.41) is 5.77. The van der Waals surface area contributed by atoms with E-state index in [4.69, 9.17) is 4.74 Å². The Kier molecular flexibility index (Phi) is 6.59. The predicted molar refractivity (Wildman–Crippen MR) is 88.6 cm³/mol. The first-order valence-corrected chi connectivity index (χ1v) is 8.25. The van der Waals surface area contributed by atoms with Crippen LogP contribution in [-0.2, 0) is 20.9 Å². The average molecular weight is 318 g/mol. The van der Waals surface area contributed by atoms with Gasteiger partial charge in [0, 0.05) is 13.1 Å².